The zero-order chi connectivity index (χ0) is 9.88. The third-order valence-corrected chi connectivity index (χ3v) is 5.75. The summed E-state index contributed by atoms with van der Waals surface area (Å²) in [4.78, 5) is 0. The first-order valence-corrected chi connectivity index (χ1v) is 7.02. The summed E-state index contributed by atoms with van der Waals surface area (Å²) in [6.45, 7) is 2.64. The molecule has 0 unspecified atom stereocenters. The predicted octanol–water partition coefficient (Wildman–Crippen LogP) is 2.81. The fourth-order valence-corrected chi connectivity index (χ4v) is 5.65. The molecule has 0 aromatic carbocycles. The summed E-state index contributed by atoms with van der Waals surface area (Å²) in [5.41, 5.74) is 0.835. The molecule has 4 aliphatic carbocycles. The second-order valence-electron chi connectivity index (χ2n) is 7.15. The Labute approximate surface area is 93.0 Å². The van der Waals surface area contributed by atoms with Gasteiger partial charge in [-0.15, -0.1) is 0 Å². The minimum absolute atomic E-state index is 0.835. The molecule has 1 heteroatoms. The van der Waals surface area contributed by atoms with Crippen LogP contribution < -0.4 is 5.32 Å². The van der Waals surface area contributed by atoms with Gasteiger partial charge in [-0.05, 0) is 87.1 Å². The van der Waals surface area contributed by atoms with Crippen LogP contribution in [0.4, 0.5) is 0 Å². The molecular formula is C14H23N. The molecule has 15 heavy (non-hydrogen) atoms. The zero-order valence-corrected chi connectivity index (χ0v) is 9.67. The lowest BCUT2D eigenvalue weighted by molar-refractivity contribution is -0.0685. The number of rotatable bonds is 2. The van der Waals surface area contributed by atoms with E-state index in [1.807, 2.05) is 0 Å². The summed E-state index contributed by atoms with van der Waals surface area (Å²) >= 11 is 0. The maximum atomic E-state index is 3.44. The molecular weight excluding hydrogens is 182 g/mol. The van der Waals surface area contributed by atoms with E-state index in [9.17, 15) is 0 Å². The van der Waals surface area contributed by atoms with Crippen LogP contribution in [0.2, 0.25) is 0 Å². The third-order valence-electron chi connectivity index (χ3n) is 5.75. The van der Waals surface area contributed by atoms with Crippen molar-refractivity contribution in [3.8, 4) is 0 Å². The van der Waals surface area contributed by atoms with Gasteiger partial charge in [0.15, 0.2) is 0 Å². The molecule has 1 N–H and O–H groups in total. The van der Waals surface area contributed by atoms with Crippen LogP contribution in [-0.2, 0) is 0 Å². The highest BCUT2D eigenvalue weighted by Gasteiger charge is 2.51. The summed E-state index contributed by atoms with van der Waals surface area (Å²) in [6, 6.07) is 0. The summed E-state index contributed by atoms with van der Waals surface area (Å²) in [5, 5.41) is 3.44. The van der Waals surface area contributed by atoms with Crippen molar-refractivity contribution in [1.82, 2.24) is 5.32 Å². The van der Waals surface area contributed by atoms with Crippen molar-refractivity contribution in [2.45, 2.75) is 44.9 Å². The largest absolute Gasteiger partial charge is 0.316 e. The summed E-state index contributed by atoms with van der Waals surface area (Å²) in [7, 11) is 0. The van der Waals surface area contributed by atoms with Crippen LogP contribution in [0, 0.1) is 29.1 Å². The molecule has 0 atom stereocenters. The van der Waals surface area contributed by atoms with Crippen LogP contribution in [0.15, 0.2) is 0 Å². The van der Waals surface area contributed by atoms with Gasteiger partial charge in [0, 0.05) is 0 Å². The van der Waals surface area contributed by atoms with Gasteiger partial charge in [0.2, 0.25) is 0 Å². The van der Waals surface area contributed by atoms with Crippen molar-refractivity contribution in [3.05, 3.63) is 0 Å². The van der Waals surface area contributed by atoms with E-state index >= 15 is 0 Å². The first-order valence-electron chi connectivity index (χ1n) is 7.02. The van der Waals surface area contributed by atoms with Crippen molar-refractivity contribution in [3.63, 3.8) is 0 Å². The van der Waals surface area contributed by atoms with Crippen LogP contribution in [0.3, 0.4) is 0 Å². The van der Waals surface area contributed by atoms with Crippen LogP contribution in [0.1, 0.15) is 44.9 Å². The molecule has 1 nitrogen and oxygen atoms in total. The average molecular weight is 205 g/mol. The molecule has 5 aliphatic rings. The third kappa shape index (κ3) is 1.39. The van der Waals surface area contributed by atoms with Crippen molar-refractivity contribution < 1.29 is 0 Å². The molecule has 4 bridgehead atoms. The molecule has 0 radical (unpaired) electrons. The first kappa shape index (κ1) is 9.04. The van der Waals surface area contributed by atoms with E-state index in [1.165, 1.54) is 13.1 Å². The highest BCUT2D eigenvalue weighted by Crippen LogP contribution is 2.62. The minimum atomic E-state index is 0.835. The maximum absolute atomic E-state index is 3.44. The van der Waals surface area contributed by atoms with Crippen LogP contribution in [-0.4, -0.2) is 13.1 Å². The number of hydrogen-bond acceptors (Lipinski definition) is 1. The summed E-state index contributed by atoms with van der Waals surface area (Å²) < 4.78 is 0. The van der Waals surface area contributed by atoms with Crippen LogP contribution in [0.25, 0.3) is 0 Å². The van der Waals surface area contributed by atoms with E-state index in [0.29, 0.717) is 0 Å². The summed E-state index contributed by atoms with van der Waals surface area (Å²) in [6.07, 6.45) is 11.2. The monoisotopic (exact) mass is 205 g/mol. The van der Waals surface area contributed by atoms with Gasteiger partial charge in [0.25, 0.3) is 0 Å². The first-order chi connectivity index (χ1) is 7.31. The van der Waals surface area contributed by atoms with Gasteiger partial charge in [0.05, 0.1) is 0 Å². The van der Waals surface area contributed by atoms with Crippen molar-refractivity contribution in [1.29, 1.82) is 0 Å². The van der Waals surface area contributed by atoms with Gasteiger partial charge >= 0.3 is 0 Å². The molecule has 0 aromatic rings. The topological polar surface area (TPSA) is 12.0 Å². The minimum Gasteiger partial charge on any atom is -0.316 e. The smallest absolute Gasteiger partial charge is 0.000805 e. The Bertz CT molecular complexity index is 231. The van der Waals surface area contributed by atoms with Crippen molar-refractivity contribution in [2.75, 3.05) is 13.1 Å². The molecule has 84 valence electrons. The lowest BCUT2D eigenvalue weighted by Crippen LogP contribution is -2.51. The van der Waals surface area contributed by atoms with Gasteiger partial charge < -0.3 is 5.32 Å². The molecule has 5 fully saturated rings. The van der Waals surface area contributed by atoms with Crippen LogP contribution >= 0.6 is 0 Å². The normalized spacial score (nSPS) is 53.2. The molecule has 1 saturated heterocycles. The standard InChI is InChI=1S/C14H23N/c1-10-2-12-3-11(1)5-14(4-10,6-12)7-13-8-15-9-13/h10-13,15H,1-9H2. The zero-order valence-electron chi connectivity index (χ0n) is 9.67. The number of nitrogens with one attached hydrogen (secondary N) is 1. The van der Waals surface area contributed by atoms with Gasteiger partial charge in [-0.3, -0.25) is 0 Å². The Morgan fingerprint density at radius 3 is 1.80 bits per heavy atom. The van der Waals surface area contributed by atoms with Gasteiger partial charge in [0.1, 0.15) is 0 Å². The Balaban J connectivity index is 1.55. The lowest BCUT2D eigenvalue weighted by Gasteiger charge is -2.58. The maximum Gasteiger partial charge on any atom is -0.000805 e. The number of hydrogen-bond donors (Lipinski definition) is 1. The molecule has 0 spiro atoms. The van der Waals surface area contributed by atoms with Crippen molar-refractivity contribution >= 4 is 0 Å². The van der Waals surface area contributed by atoms with E-state index in [4.69, 9.17) is 0 Å². The molecule has 0 aromatic heterocycles. The van der Waals surface area contributed by atoms with E-state index in [1.54, 1.807) is 44.9 Å². The molecule has 5 rings (SSSR count). The Morgan fingerprint density at radius 2 is 1.40 bits per heavy atom. The predicted molar refractivity (Wildman–Crippen MR) is 61.6 cm³/mol. The van der Waals surface area contributed by atoms with Gasteiger partial charge in [-0.1, -0.05) is 0 Å². The lowest BCUT2D eigenvalue weighted by atomic mass is 9.48. The fraction of sp³-hybridized carbons (Fsp3) is 1.00. The molecule has 4 saturated carbocycles. The fourth-order valence-electron chi connectivity index (χ4n) is 5.65. The van der Waals surface area contributed by atoms with E-state index in [-0.39, 0.29) is 0 Å². The van der Waals surface area contributed by atoms with Gasteiger partial charge in [-0.2, -0.15) is 0 Å². The second kappa shape index (κ2) is 3.00. The second-order valence-corrected chi connectivity index (χ2v) is 7.15. The van der Waals surface area contributed by atoms with E-state index in [0.717, 1.165) is 29.1 Å². The Hall–Kier alpha value is -0.0400. The highest BCUT2D eigenvalue weighted by atomic mass is 14.9. The molecule has 1 aliphatic heterocycles. The summed E-state index contributed by atoms with van der Waals surface area (Å²) in [5.74, 6) is 4.47. The van der Waals surface area contributed by atoms with Gasteiger partial charge in [-0.25, -0.2) is 0 Å². The Kier molecular flexibility index (Phi) is 1.81. The highest BCUT2D eigenvalue weighted by molar-refractivity contribution is 5.02. The SMILES string of the molecule is C1NCC1CC12CC3CC(CC(C3)C1)C2. The van der Waals surface area contributed by atoms with Crippen molar-refractivity contribution in [2.24, 2.45) is 29.1 Å². The average Bonchev–Trinajstić information content (AvgIpc) is 2.09. The van der Waals surface area contributed by atoms with E-state index in [2.05, 4.69) is 5.32 Å². The van der Waals surface area contributed by atoms with Crippen LogP contribution in [0.5, 0.6) is 0 Å². The Morgan fingerprint density at radius 1 is 0.867 bits per heavy atom. The molecule has 0 amide bonds. The quantitative estimate of drug-likeness (QED) is 0.731. The molecule has 1 heterocycles. The van der Waals surface area contributed by atoms with E-state index < -0.39 is 0 Å².